The number of carbonyl (C=O) groups is 1. The second kappa shape index (κ2) is 5.66. The molecule has 0 aromatic heterocycles. The van der Waals surface area contributed by atoms with Crippen molar-refractivity contribution in [3.8, 4) is 9.85 Å². The van der Waals surface area contributed by atoms with Crippen LogP contribution in [0, 0.1) is 16.8 Å². The number of carbonyl (C=O) groups excluding carboxylic acids is 1. The van der Waals surface area contributed by atoms with Crippen LogP contribution in [0.5, 0.6) is 0 Å². The van der Waals surface area contributed by atoms with E-state index in [1.165, 1.54) is 0 Å². The Morgan fingerprint density at radius 3 is 2.86 bits per heavy atom. The van der Waals surface area contributed by atoms with Crippen LogP contribution < -0.4 is 0 Å². The highest BCUT2D eigenvalue weighted by Crippen LogP contribution is 2.07. The highest BCUT2D eigenvalue weighted by atomic mass is 127. The zero-order valence-electron chi connectivity index (χ0n) is 7.71. The Hall–Kier alpha value is -1.02. The van der Waals surface area contributed by atoms with Crippen molar-refractivity contribution in [3.63, 3.8) is 0 Å². The molecular weight excluding hydrogens is 291 g/mol. The molecule has 0 N–H and O–H groups in total. The monoisotopic (exact) mass is 300 g/mol. The summed E-state index contributed by atoms with van der Waals surface area (Å²) in [6, 6.07) is 7.32. The van der Waals surface area contributed by atoms with Gasteiger partial charge in [-0.05, 0) is 22.5 Å². The zero-order valence-corrected chi connectivity index (χ0v) is 9.87. The van der Waals surface area contributed by atoms with Gasteiger partial charge in [-0.1, -0.05) is 24.1 Å². The summed E-state index contributed by atoms with van der Waals surface area (Å²) in [6.45, 7) is 2.02. The standard InChI is InChI=1S/C11H9IO2/c1-9-5-2-3-6-10(9)11(13)14-8-4-7-12/h2-3,5-6H,8H2,1H3. The molecule has 0 atom stereocenters. The van der Waals surface area contributed by atoms with Gasteiger partial charge < -0.3 is 4.74 Å². The minimum atomic E-state index is -0.317. The van der Waals surface area contributed by atoms with E-state index in [0.717, 1.165) is 5.56 Å². The van der Waals surface area contributed by atoms with Crippen molar-refractivity contribution in [2.45, 2.75) is 6.92 Å². The lowest BCUT2D eigenvalue weighted by atomic mass is 10.1. The molecule has 0 saturated carbocycles. The van der Waals surface area contributed by atoms with Crippen molar-refractivity contribution < 1.29 is 9.53 Å². The number of ether oxygens (including phenoxy) is 1. The van der Waals surface area contributed by atoms with Gasteiger partial charge in [0.15, 0.2) is 6.61 Å². The van der Waals surface area contributed by atoms with E-state index in [4.69, 9.17) is 4.74 Å². The van der Waals surface area contributed by atoms with Crippen LogP contribution in [0.1, 0.15) is 15.9 Å². The first-order chi connectivity index (χ1) is 6.75. The highest BCUT2D eigenvalue weighted by molar-refractivity contribution is 14.1. The third kappa shape index (κ3) is 3.04. The first-order valence-corrected chi connectivity index (χ1v) is 5.15. The number of rotatable bonds is 2. The minimum absolute atomic E-state index is 0.149. The van der Waals surface area contributed by atoms with Crippen LogP contribution in [-0.4, -0.2) is 12.6 Å². The molecular formula is C11H9IO2. The molecule has 0 aliphatic heterocycles. The van der Waals surface area contributed by atoms with Gasteiger partial charge in [0.05, 0.1) is 5.56 Å². The van der Waals surface area contributed by atoms with Crippen LogP contribution >= 0.6 is 22.6 Å². The molecule has 0 saturated heterocycles. The summed E-state index contributed by atoms with van der Waals surface area (Å²) < 4.78 is 7.56. The highest BCUT2D eigenvalue weighted by Gasteiger charge is 2.07. The van der Waals surface area contributed by atoms with Crippen molar-refractivity contribution in [3.05, 3.63) is 35.4 Å². The first-order valence-electron chi connectivity index (χ1n) is 4.07. The van der Waals surface area contributed by atoms with Crippen LogP contribution in [-0.2, 0) is 4.74 Å². The lowest BCUT2D eigenvalue weighted by Crippen LogP contribution is -2.06. The summed E-state index contributed by atoms with van der Waals surface area (Å²) in [6.07, 6.45) is 0. The molecule has 0 spiro atoms. The number of aryl methyl sites for hydroxylation is 1. The molecule has 0 aliphatic rings. The Morgan fingerprint density at radius 1 is 1.50 bits per heavy atom. The largest absolute Gasteiger partial charge is 0.449 e. The Morgan fingerprint density at radius 2 is 2.21 bits per heavy atom. The third-order valence-corrected chi connectivity index (χ3v) is 2.09. The van der Waals surface area contributed by atoms with Gasteiger partial charge in [0, 0.05) is 22.6 Å². The predicted octanol–water partition coefficient (Wildman–Crippen LogP) is 2.55. The average Bonchev–Trinajstić information content (AvgIpc) is 2.18. The molecule has 0 amide bonds. The van der Waals surface area contributed by atoms with Crippen molar-refractivity contribution >= 4 is 28.6 Å². The minimum Gasteiger partial charge on any atom is -0.449 e. The summed E-state index contributed by atoms with van der Waals surface area (Å²) in [4.78, 5) is 11.4. The maximum absolute atomic E-state index is 11.4. The SMILES string of the molecule is Cc1ccccc1C(=O)OCC#CI. The van der Waals surface area contributed by atoms with E-state index in [0.29, 0.717) is 5.56 Å². The van der Waals surface area contributed by atoms with E-state index in [2.05, 4.69) is 9.85 Å². The summed E-state index contributed by atoms with van der Waals surface area (Å²) in [5.41, 5.74) is 1.52. The van der Waals surface area contributed by atoms with Gasteiger partial charge >= 0.3 is 5.97 Å². The molecule has 3 heteroatoms. The maximum Gasteiger partial charge on any atom is 0.339 e. The van der Waals surface area contributed by atoms with Crippen molar-refractivity contribution in [2.24, 2.45) is 0 Å². The third-order valence-electron chi connectivity index (χ3n) is 1.71. The van der Waals surface area contributed by atoms with Crippen LogP contribution in [0.3, 0.4) is 0 Å². The predicted molar refractivity (Wildman–Crippen MR) is 63.3 cm³/mol. The van der Waals surface area contributed by atoms with Gasteiger partial charge in [-0.3, -0.25) is 0 Å². The molecule has 0 heterocycles. The fourth-order valence-electron chi connectivity index (χ4n) is 1.01. The average molecular weight is 300 g/mol. The Balaban J connectivity index is 2.68. The number of benzene rings is 1. The Labute approximate surface area is 96.8 Å². The molecule has 14 heavy (non-hydrogen) atoms. The Kier molecular flexibility index (Phi) is 4.47. The molecule has 0 radical (unpaired) electrons. The normalized spacial score (nSPS) is 8.71. The number of hydrogen-bond donors (Lipinski definition) is 0. The van der Waals surface area contributed by atoms with Crippen molar-refractivity contribution in [2.75, 3.05) is 6.61 Å². The fraction of sp³-hybridized carbons (Fsp3) is 0.182. The molecule has 2 nitrogen and oxygen atoms in total. The van der Waals surface area contributed by atoms with Crippen LogP contribution in [0.15, 0.2) is 24.3 Å². The Bertz CT molecular complexity index is 388. The van der Waals surface area contributed by atoms with Crippen LogP contribution in [0.2, 0.25) is 0 Å². The number of hydrogen-bond acceptors (Lipinski definition) is 2. The summed E-state index contributed by atoms with van der Waals surface area (Å²) in [7, 11) is 0. The molecule has 0 aliphatic carbocycles. The van der Waals surface area contributed by atoms with E-state index in [9.17, 15) is 4.79 Å². The number of esters is 1. The lowest BCUT2D eigenvalue weighted by Gasteiger charge is -2.03. The summed E-state index contributed by atoms with van der Waals surface area (Å²) in [5, 5.41) is 0. The van der Waals surface area contributed by atoms with Gasteiger partial charge in [0.25, 0.3) is 0 Å². The van der Waals surface area contributed by atoms with E-state index in [1.54, 1.807) is 6.07 Å². The second-order valence-electron chi connectivity index (χ2n) is 2.66. The van der Waals surface area contributed by atoms with E-state index in [1.807, 2.05) is 47.7 Å². The molecule has 0 fully saturated rings. The molecule has 72 valence electrons. The van der Waals surface area contributed by atoms with Gasteiger partial charge in [-0.2, -0.15) is 0 Å². The molecule has 1 rings (SSSR count). The van der Waals surface area contributed by atoms with E-state index in [-0.39, 0.29) is 12.6 Å². The van der Waals surface area contributed by atoms with Gasteiger partial charge in [-0.15, -0.1) is 0 Å². The quantitative estimate of drug-likeness (QED) is 0.477. The van der Waals surface area contributed by atoms with Gasteiger partial charge in [-0.25, -0.2) is 4.79 Å². The maximum atomic E-state index is 11.4. The molecule has 1 aromatic carbocycles. The lowest BCUT2D eigenvalue weighted by molar-refractivity contribution is 0.0556. The van der Waals surface area contributed by atoms with Gasteiger partial charge in [0.2, 0.25) is 0 Å². The first kappa shape index (κ1) is 11.1. The smallest absolute Gasteiger partial charge is 0.339 e. The summed E-state index contributed by atoms with van der Waals surface area (Å²) in [5.74, 6) is 2.34. The van der Waals surface area contributed by atoms with Crippen LogP contribution in [0.25, 0.3) is 0 Å². The van der Waals surface area contributed by atoms with Gasteiger partial charge in [0.1, 0.15) is 0 Å². The zero-order chi connectivity index (χ0) is 10.4. The van der Waals surface area contributed by atoms with Crippen molar-refractivity contribution in [1.82, 2.24) is 0 Å². The molecule has 0 bridgehead atoms. The van der Waals surface area contributed by atoms with E-state index >= 15 is 0 Å². The topological polar surface area (TPSA) is 26.3 Å². The molecule has 0 unspecified atom stereocenters. The number of halogens is 1. The molecule has 1 aromatic rings. The second-order valence-corrected chi connectivity index (χ2v) is 3.20. The van der Waals surface area contributed by atoms with E-state index < -0.39 is 0 Å². The summed E-state index contributed by atoms with van der Waals surface area (Å²) >= 11 is 1.90. The fourth-order valence-corrected chi connectivity index (χ4v) is 1.16. The van der Waals surface area contributed by atoms with Crippen LogP contribution in [0.4, 0.5) is 0 Å². The van der Waals surface area contributed by atoms with Crippen molar-refractivity contribution in [1.29, 1.82) is 0 Å².